The number of nitrogens with zero attached hydrogens (tertiary/aromatic N) is 5. The number of fused-ring (bicyclic) bond motifs is 1. The molecule has 0 bridgehead atoms. The third kappa shape index (κ3) is 8.95. The average Bonchev–Trinajstić information content (AvgIpc) is 3.12. The fourth-order valence-corrected chi connectivity index (χ4v) is 6.55. The molecule has 0 unspecified atom stereocenters. The first kappa shape index (κ1) is 35.4. The van der Waals surface area contributed by atoms with Crippen LogP contribution in [0.2, 0.25) is 0 Å². The van der Waals surface area contributed by atoms with Crippen LogP contribution in [-0.2, 0) is 23.9 Å². The molecule has 3 fully saturated rings. The maximum atomic E-state index is 13.5. The SMILES string of the molecule is CCOC(=O)N1CCN(C(=O)[C@H](CCC(=O)O)NC(=O)c2cc(OCC(=O)N3CCC(N4CCCCC4=O)CC3)c3ccccc3n2)CC1. The first-order chi connectivity index (χ1) is 23.6. The van der Waals surface area contributed by atoms with Gasteiger partial charge in [-0.15, -0.1) is 0 Å². The Labute approximate surface area is 284 Å². The summed E-state index contributed by atoms with van der Waals surface area (Å²) in [7, 11) is 0. The van der Waals surface area contributed by atoms with E-state index in [1.807, 2.05) is 4.90 Å². The summed E-state index contributed by atoms with van der Waals surface area (Å²) in [6.07, 6.45) is 2.97. The van der Waals surface area contributed by atoms with Gasteiger partial charge in [0.05, 0.1) is 12.1 Å². The van der Waals surface area contributed by atoms with E-state index in [2.05, 4.69) is 10.3 Å². The van der Waals surface area contributed by atoms with E-state index in [9.17, 15) is 33.9 Å². The highest BCUT2D eigenvalue weighted by Crippen LogP contribution is 2.27. The second kappa shape index (κ2) is 16.4. The average molecular weight is 681 g/mol. The first-order valence-electron chi connectivity index (χ1n) is 17.0. The molecule has 4 heterocycles. The molecule has 5 rings (SSSR count). The molecule has 1 atom stereocenters. The molecule has 3 aliphatic rings. The van der Waals surface area contributed by atoms with Crippen LogP contribution in [0.1, 0.15) is 62.4 Å². The molecular formula is C34H44N6O9. The Balaban J connectivity index is 1.23. The number of amides is 5. The van der Waals surface area contributed by atoms with Gasteiger partial charge >= 0.3 is 12.1 Å². The molecule has 2 aromatic rings. The second-order valence-electron chi connectivity index (χ2n) is 12.4. The van der Waals surface area contributed by atoms with Crippen LogP contribution in [0.25, 0.3) is 10.9 Å². The highest BCUT2D eigenvalue weighted by atomic mass is 16.6. The fourth-order valence-electron chi connectivity index (χ4n) is 6.55. The third-order valence-corrected chi connectivity index (χ3v) is 9.25. The van der Waals surface area contributed by atoms with Gasteiger partial charge in [-0.1, -0.05) is 12.1 Å². The van der Waals surface area contributed by atoms with E-state index >= 15 is 0 Å². The summed E-state index contributed by atoms with van der Waals surface area (Å²) in [4.78, 5) is 87.2. The number of likely N-dealkylation sites (tertiary alicyclic amines) is 2. The van der Waals surface area contributed by atoms with Crippen LogP contribution >= 0.6 is 0 Å². The number of piperazine rings is 1. The number of hydrogen-bond acceptors (Lipinski definition) is 9. The molecule has 1 aromatic carbocycles. The number of carboxylic acid groups (broad SMARTS) is 1. The summed E-state index contributed by atoms with van der Waals surface area (Å²) in [6.45, 7) is 4.37. The molecule has 0 radical (unpaired) electrons. The summed E-state index contributed by atoms with van der Waals surface area (Å²) in [5, 5.41) is 12.6. The van der Waals surface area contributed by atoms with Crippen LogP contribution in [-0.4, -0.2) is 136 Å². The van der Waals surface area contributed by atoms with Crippen molar-refractivity contribution in [1.82, 2.24) is 29.9 Å². The number of aromatic nitrogens is 1. The molecule has 264 valence electrons. The molecule has 0 spiro atoms. The number of carboxylic acids is 1. The van der Waals surface area contributed by atoms with Gasteiger partial charge in [0.25, 0.3) is 11.8 Å². The predicted molar refractivity (Wildman–Crippen MR) is 176 cm³/mol. The summed E-state index contributed by atoms with van der Waals surface area (Å²) in [5.41, 5.74) is 0.376. The number of rotatable bonds is 11. The second-order valence-corrected chi connectivity index (χ2v) is 12.4. The largest absolute Gasteiger partial charge is 0.483 e. The molecular weight excluding hydrogens is 636 g/mol. The molecule has 15 heteroatoms. The number of carbonyl (C=O) groups is 6. The minimum absolute atomic E-state index is 0.0617. The lowest BCUT2D eigenvalue weighted by Gasteiger charge is -2.40. The summed E-state index contributed by atoms with van der Waals surface area (Å²) < 4.78 is 11.0. The van der Waals surface area contributed by atoms with E-state index in [0.29, 0.717) is 43.3 Å². The Hall–Kier alpha value is -4.95. The number of hydrogen-bond donors (Lipinski definition) is 2. The molecule has 3 saturated heterocycles. The zero-order valence-electron chi connectivity index (χ0n) is 27.8. The molecule has 15 nitrogen and oxygen atoms in total. The van der Waals surface area contributed by atoms with Gasteiger partial charge in [-0.3, -0.25) is 24.0 Å². The smallest absolute Gasteiger partial charge is 0.409 e. The maximum Gasteiger partial charge on any atom is 0.409 e. The number of aliphatic carboxylic acids is 1. The van der Waals surface area contributed by atoms with Gasteiger partial charge in [0.2, 0.25) is 11.8 Å². The van der Waals surface area contributed by atoms with Crippen molar-refractivity contribution in [2.24, 2.45) is 0 Å². The lowest BCUT2D eigenvalue weighted by atomic mass is 9.99. The minimum Gasteiger partial charge on any atom is -0.483 e. The van der Waals surface area contributed by atoms with Crippen molar-refractivity contribution >= 4 is 46.6 Å². The summed E-state index contributed by atoms with van der Waals surface area (Å²) in [5.74, 6) is -2.04. The molecule has 0 saturated carbocycles. The fraction of sp³-hybridized carbons (Fsp3) is 0.559. The van der Waals surface area contributed by atoms with E-state index in [-0.39, 0.29) is 81.5 Å². The van der Waals surface area contributed by atoms with Crippen LogP contribution in [0, 0.1) is 0 Å². The molecule has 5 amide bonds. The topological polar surface area (TPSA) is 179 Å². The number of carbonyl (C=O) groups excluding carboxylic acids is 5. The predicted octanol–water partition coefficient (Wildman–Crippen LogP) is 1.88. The molecule has 0 aliphatic carbocycles. The van der Waals surface area contributed by atoms with Crippen molar-refractivity contribution < 1.29 is 43.3 Å². The van der Waals surface area contributed by atoms with Crippen molar-refractivity contribution in [2.75, 3.05) is 59.0 Å². The monoisotopic (exact) mass is 680 g/mol. The zero-order chi connectivity index (χ0) is 34.9. The summed E-state index contributed by atoms with van der Waals surface area (Å²) >= 11 is 0. The molecule has 2 N–H and O–H groups in total. The van der Waals surface area contributed by atoms with E-state index < -0.39 is 29.9 Å². The Morgan fingerprint density at radius 3 is 2.37 bits per heavy atom. The van der Waals surface area contributed by atoms with Gasteiger partial charge in [-0.25, -0.2) is 9.78 Å². The van der Waals surface area contributed by atoms with Crippen molar-refractivity contribution in [3.05, 3.63) is 36.0 Å². The standard InChI is InChI=1S/C34H44N6O9/c1-2-48-34(47)39-19-17-38(18-20-39)33(46)26(10-11-31(43)44)36-32(45)27-21-28(24-7-3-4-8-25(24)35-27)49-22-30(42)37-15-12-23(13-16-37)40-14-6-5-9-29(40)41/h3-4,7-8,21,23,26H,2,5-6,9-20,22H2,1H3,(H,36,45)(H,43,44)/t26-/m0/s1. The minimum atomic E-state index is -1.15. The van der Waals surface area contributed by atoms with E-state index in [1.165, 1.54) is 15.9 Å². The van der Waals surface area contributed by atoms with E-state index in [1.54, 1.807) is 36.1 Å². The Morgan fingerprint density at radius 1 is 0.959 bits per heavy atom. The number of nitrogens with one attached hydrogen (secondary N) is 1. The number of para-hydroxylation sites is 1. The van der Waals surface area contributed by atoms with Crippen molar-refractivity contribution in [2.45, 2.75) is 64.0 Å². The number of benzene rings is 1. The van der Waals surface area contributed by atoms with Crippen molar-refractivity contribution in [3.63, 3.8) is 0 Å². The molecule has 1 aromatic heterocycles. The van der Waals surface area contributed by atoms with Gasteiger partial charge in [-0.05, 0) is 51.2 Å². The normalized spacial score (nSPS) is 17.9. The Bertz CT molecular complexity index is 1550. The van der Waals surface area contributed by atoms with Crippen molar-refractivity contribution in [3.8, 4) is 5.75 Å². The maximum absolute atomic E-state index is 13.5. The van der Waals surface area contributed by atoms with Gasteiger partial charge < -0.3 is 39.5 Å². The Kier molecular flexibility index (Phi) is 11.9. The van der Waals surface area contributed by atoms with Crippen LogP contribution < -0.4 is 10.1 Å². The first-order valence-corrected chi connectivity index (χ1v) is 17.0. The summed E-state index contributed by atoms with van der Waals surface area (Å²) in [6, 6.07) is 7.40. The third-order valence-electron chi connectivity index (χ3n) is 9.25. The molecule has 49 heavy (non-hydrogen) atoms. The van der Waals surface area contributed by atoms with Crippen LogP contribution in [0.3, 0.4) is 0 Å². The number of piperidine rings is 2. The van der Waals surface area contributed by atoms with Crippen LogP contribution in [0.15, 0.2) is 30.3 Å². The van der Waals surface area contributed by atoms with Gasteiger partial charge in [0.1, 0.15) is 17.5 Å². The Morgan fingerprint density at radius 2 is 1.67 bits per heavy atom. The quantitative estimate of drug-likeness (QED) is 0.356. The van der Waals surface area contributed by atoms with E-state index in [0.717, 1.165) is 19.4 Å². The molecule has 3 aliphatic heterocycles. The highest BCUT2D eigenvalue weighted by Gasteiger charge is 2.33. The lowest BCUT2D eigenvalue weighted by Crippen LogP contribution is -2.56. The van der Waals surface area contributed by atoms with E-state index in [4.69, 9.17) is 9.47 Å². The van der Waals surface area contributed by atoms with Gasteiger partial charge in [0, 0.05) is 76.1 Å². The zero-order valence-corrected chi connectivity index (χ0v) is 27.8. The number of pyridine rings is 1. The van der Waals surface area contributed by atoms with Crippen molar-refractivity contribution in [1.29, 1.82) is 0 Å². The number of ether oxygens (including phenoxy) is 2. The lowest BCUT2D eigenvalue weighted by molar-refractivity contribution is -0.140. The highest BCUT2D eigenvalue weighted by molar-refractivity contribution is 5.99. The van der Waals surface area contributed by atoms with Gasteiger partial charge in [-0.2, -0.15) is 0 Å². The van der Waals surface area contributed by atoms with Gasteiger partial charge in [0.15, 0.2) is 6.61 Å². The van der Waals surface area contributed by atoms with Crippen LogP contribution in [0.5, 0.6) is 5.75 Å². The van der Waals surface area contributed by atoms with Crippen LogP contribution in [0.4, 0.5) is 4.79 Å².